The van der Waals surface area contributed by atoms with Crippen LogP contribution in [0.5, 0.6) is 5.75 Å². The number of piperidine rings is 1. The second-order valence-corrected chi connectivity index (χ2v) is 10.1. The Bertz CT molecular complexity index is 1020. The molecular formula is C23H29F3N4O2S. The Morgan fingerprint density at radius 3 is 2.52 bits per heavy atom. The average molecular weight is 483 g/mol. The maximum absolute atomic E-state index is 12.5. The van der Waals surface area contributed by atoms with Gasteiger partial charge in [0.05, 0.1) is 10.7 Å². The van der Waals surface area contributed by atoms with E-state index in [1.165, 1.54) is 12.1 Å². The lowest BCUT2D eigenvalue weighted by Gasteiger charge is -2.48. The summed E-state index contributed by atoms with van der Waals surface area (Å²) in [6.07, 6.45) is -2.67. The Morgan fingerprint density at radius 2 is 1.88 bits per heavy atom. The normalized spacial score (nSPS) is 25.5. The zero-order chi connectivity index (χ0) is 24.1. The molecule has 10 heteroatoms. The number of hydrogen-bond acceptors (Lipinski definition) is 7. The van der Waals surface area contributed by atoms with Crippen molar-refractivity contribution in [1.29, 1.82) is 0 Å². The summed E-state index contributed by atoms with van der Waals surface area (Å²) < 4.78 is 41.3. The van der Waals surface area contributed by atoms with E-state index in [9.17, 15) is 18.3 Å². The van der Waals surface area contributed by atoms with Crippen molar-refractivity contribution >= 4 is 27.7 Å². The smallest absolute Gasteiger partial charge is 0.406 e. The van der Waals surface area contributed by atoms with E-state index in [2.05, 4.69) is 28.4 Å². The Labute approximate surface area is 195 Å². The highest BCUT2D eigenvalue weighted by atomic mass is 32.1. The van der Waals surface area contributed by atoms with Crippen LogP contribution in [0.4, 0.5) is 23.9 Å². The third-order valence-corrected chi connectivity index (χ3v) is 7.58. The SMILES string of the molecule is Cc1nc2c(s1)N(C)C(O)C=C2N1C[C@@H](C)C(N(C)c2ccc(OC(F)(F)F)cc2)C[C@@H]1C. The summed E-state index contributed by atoms with van der Waals surface area (Å²) >= 11 is 1.58. The highest BCUT2D eigenvalue weighted by Gasteiger charge is 2.38. The molecular weight excluding hydrogens is 453 g/mol. The van der Waals surface area contributed by atoms with Gasteiger partial charge in [-0.2, -0.15) is 0 Å². The third kappa shape index (κ3) is 4.77. The molecule has 3 heterocycles. The van der Waals surface area contributed by atoms with Crippen LogP contribution in [0.2, 0.25) is 0 Å². The fraction of sp³-hybridized carbons (Fsp3) is 0.522. The number of anilines is 2. The molecule has 1 fully saturated rings. The van der Waals surface area contributed by atoms with Crippen molar-refractivity contribution in [3.8, 4) is 5.75 Å². The van der Waals surface area contributed by atoms with E-state index < -0.39 is 12.6 Å². The van der Waals surface area contributed by atoms with Gasteiger partial charge < -0.3 is 24.5 Å². The number of fused-ring (bicyclic) bond motifs is 1. The summed E-state index contributed by atoms with van der Waals surface area (Å²) in [5, 5.41) is 12.5. The zero-order valence-corrected chi connectivity index (χ0v) is 20.1. The summed E-state index contributed by atoms with van der Waals surface area (Å²) in [6.45, 7) is 7.10. The van der Waals surface area contributed by atoms with Gasteiger partial charge in [0.1, 0.15) is 22.7 Å². The van der Waals surface area contributed by atoms with Crippen molar-refractivity contribution in [2.75, 3.05) is 30.4 Å². The zero-order valence-electron chi connectivity index (χ0n) is 19.3. The van der Waals surface area contributed by atoms with Gasteiger partial charge in [-0.15, -0.1) is 24.5 Å². The van der Waals surface area contributed by atoms with Crippen molar-refractivity contribution in [3.05, 3.63) is 41.0 Å². The van der Waals surface area contributed by atoms with Gasteiger partial charge in [-0.1, -0.05) is 6.92 Å². The fourth-order valence-corrected chi connectivity index (χ4v) is 5.69. The Balaban J connectivity index is 1.51. The van der Waals surface area contributed by atoms with Crippen LogP contribution in [0.1, 0.15) is 31.0 Å². The summed E-state index contributed by atoms with van der Waals surface area (Å²) in [5.41, 5.74) is 2.72. The van der Waals surface area contributed by atoms with E-state index in [0.29, 0.717) is 0 Å². The highest BCUT2D eigenvalue weighted by molar-refractivity contribution is 7.16. The van der Waals surface area contributed by atoms with E-state index >= 15 is 0 Å². The molecule has 6 nitrogen and oxygen atoms in total. The Hall–Kier alpha value is -2.46. The maximum Gasteiger partial charge on any atom is 0.573 e. The van der Waals surface area contributed by atoms with Crippen molar-refractivity contribution in [3.63, 3.8) is 0 Å². The van der Waals surface area contributed by atoms with Gasteiger partial charge in [0, 0.05) is 38.4 Å². The summed E-state index contributed by atoms with van der Waals surface area (Å²) in [5.74, 6) is 0.0520. The van der Waals surface area contributed by atoms with E-state index in [0.717, 1.165) is 40.1 Å². The molecule has 2 unspecified atom stereocenters. The summed E-state index contributed by atoms with van der Waals surface area (Å²) in [7, 11) is 3.84. The molecule has 2 aromatic rings. The number of likely N-dealkylation sites (tertiary alicyclic amines) is 1. The number of alkyl halides is 3. The number of likely N-dealkylation sites (N-methyl/N-ethyl adjacent to an activating group) is 1. The number of aliphatic hydroxyl groups excluding tert-OH is 1. The van der Waals surface area contributed by atoms with Crippen LogP contribution in [-0.2, 0) is 0 Å². The largest absolute Gasteiger partial charge is 0.573 e. The minimum Gasteiger partial charge on any atom is -0.406 e. The molecule has 1 saturated heterocycles. The molecule has 1 aromatic heterocycles. The lowest BCUT2D eigenvalue weighted by molar-refractivity contribution is -0.274. The highest BCUT2D eigenvalue weighted by Crippen LogP contribution is 2.42. The van der Waals surface area contributed by atoms with Crippen LogP contribution in [0, 0.1) is 12.8 Å². The molecule has 2 aliphatic rings. The lowest BCUT2D eigenvalue weighted by atomic mass is 9.87. The number of thiazole rings is 1. The van der Waals surface area contributed by atoms with Crippen molar-refractivity contribution in [2.24, 2.45) is 5.92 Å². The van der Waals surface area contributed by atoms with Gasteiger partial charge in [-0.05, 0) is 56.5 Å². The van der Waals surface area contributed by atoms with E-state index in [1.807, 2.05) is 32.0 Å². The number of aromatic nitrogens is 1. The van der Waals surface area contributed by atoms with E-state index in [1.54, 1.807) is 23.5 Å². The Kier molecular flexibility index (Phi) is 6.26. The number of halogens is 3. The third-order valence-electron chi connectivity index (χ3n) is 6.52. The van der Waals surface area contributed by atoms with Gasteiger partial charge in [-0.3, -0.25) is 0 Å². The first kappa shape index (κ1) is 23.7. The molecule has 0 spiro atoms. The second-order valence-electron chi connectivity index (χ2n) is 8.90. The predicted octanol–water partition coefficient (Wildman–Crippen LogP) is 4.69. The topological polar surface area (TPSA) is 52.1 Å². The molecule has 0 aliphatic carbocycles. The molecule has 180 valence electrons. The molecule has 0 saturated carbocycles. The van der Waals surface area contributed by atoms with Crippen LogP contribution < -0.4 is 14.5 Å². The van der Waals surface area contributed by atoms with Crippen molar-refractivity contribution in [2.45, 2.75) is 51.9 Å². The van der Waals surface area contributed by atoms with E-state index in [4.69, 9.17) is 4.98 Å². The van der Waals surface area contributed by atoms with Crippen molar-refractivity contribution < 1.29 is 23.0 Å². The van der Waals surface area contributed by atoms with Gasteiger partial charge in [-0.25, -0.2) is 4.98 Å². The van der Waals surface area contributed by atoms with Gasteiger partial charge >= 0.3 is 6.36 Å². The number of aryl methyl sites for hydroxylation is 1. The van der Waals surface area contributed by atoms with Crippen LogP contribution in [0.3, 0.4) is 0 Å². The van der Waals surface area contributed by atoms with Gasteiger partial charge in [0.15, 0.2) is 0 Å². The number of nitrogens with zero attached hydrogens (tertiary/aromatic N) is 4. The number of benzene rings is 1. The lowest BCUT2D eigenvalue weighted by Crippen LogP contribution is -2.52. The first-order valence-corrected chi connectivity index (χ1v) is 11.7. The fourth-order valence-electron chi connectivity index (χ4n) is 4.78. The van der Waals surface area contributed by atoms with Crippen LogP contribution in [-0.4, -0.2) is 60.3 Å². The van der Waals surface area contributed by atoms with E-state index in [-0.39, 0.29) is 23.8 Å². The Morgan fingerprint density at radius 1 is 1.21 bits per heavy atom. The van der Waals surface area contributed by atoms with Crippen LogP contribution in [0.15, 0.2) is 30.3 Å². The number of aliphatic hydroxyl groups is 1. The average Bonchev–Trinajstić information content (AvgIpc) is 3.13. The molecule has 4 rings (SSSR count). The van der Waals surface area contributed by atoms with Gasteiger partial charge in [0.25, 0.3) is 0 Å². The number of ether oxygens (including phenoxy) is 1. The standard InChI is InChI=1S/C23H29F3N4O2S/c1-13-12-30(19-11-20(31)29(5)22-21(19)27-15(3)33-22)14(2)10-18(13)28(4)16-6-8-17(9-7-16)32-23(24,25)26/h6-9,11,13-14,18,20,31H,10,12H2,1-5H3/t13-,14+,18?,20?/m1/s1. The molecule has 1 N–H and O–H groups in total. The minimum absolute atomic E-state index is 0.193. The number of rotatable bonds is 4. The minimum atomic E-state index is -4.70. The molecule has 0 bridgehead atoms. The molecule has 1 aromatic carbocycles. The maximum atomic E-state index is 12.5. The summed E-state index contributed by atoms with van der Waals surface area (Å²) in [4.78, 5) is 11.0. The van der Waals surface area contributed by atoms with Crippen molar-refractivity contribution in [1.82, 2.24) is 9.88 Å². The molecule has 0 radical (unpaired) electrons. The number of hydrogen-bond donors (Lipinski definition) is 1. The molecule has 0 amide bonds. The van der Waals surface area contributed by atoms with Gasteiger partial charge in [0.2, 0.25) is 0 Å². The first-order valence-electron chi connectivity index (χ1n) is 10.9. The van der Waals surface area contributed by atoms with Crippen LogP contribution >= 0.6 is 11.3 Å². The monoisotopic (exact) mass is 482 g/mol. The molecule has 4 atom stereocenters. The quantitative estimate of drug-likeness (QED) is 0.682. The predicted molar refractivity (Wildman–Crippen MR) is 125 cm³/mol. The molecule has 2 aliphatic heterocycles. The van der Waals surface area contributed by atoms with Crippen LogP contribution in [0.25, 0.3) is 5.70 Å². The first-order chi connectivity index (χ1) is 15.4. The summed E-state index contributed by atoms with van der Waals surface area (Å²) in [6, 6.07) is 6.41. The molecule has 33 heavy (non-hydrogen) atoms. The second kappa shape index (κ2) is 8.72.